The number of aldehydes is 1. The molecule has 0 heterocycles. The molecular weight excluding hydrogens is 148 g/mol. The fourth-order valence-corrected chi connectivity index (χ4v) is 0.607. The molecule has 0 aromatic rings. The lowest BCUT2D eigenvalue weighted by molar-refractivity contribution is -0.145. The largest absolute Gasteiger partial charge is 0.466 e. The first-order valence-electron chi connectivity index (χ1n) is 3.48. The first-order valence-corrected chi connectivity index (χ1v) is 3.48. The zero-order chi connectivity index (χ0) is 8.69. The van der Waals surface area contributed by atoms with Crippen LogP contribution in [0.3, 0.4) is 0 Å². The fourth-order valence-electron chi connectivity index (χ4n) is 0.607. The smallest absolute Gasteiger partial charge is 0.308 e. The summed E-state index contributed by atoms with van der Waals surface area (Å²) in [4.78, 5) is 20.5. The lowest BCUT2D eigenvalue weighted by atomic mass is 10.2. The quantitative estimate of drug-likeness (QED) is 0.450. The van der Waals surface area contributed by atoms with Crippen molar-refractivity contribution in [3.63, 3.8) is 0 Å². The number of rotatable bonds is 5. The molecule has 4 heteroatoms. The second-order valence-corrected chi connectivity index (χ2v) is 2.07. The van der Waals surface area contributed by atoms with E-state index in [0.29, 0.717) is 12.9 Å². The zero-order valence-corrected chi connectivity index (χ0v) is 6.45. The Labute approximate surface area is 65.2 Å². The number of hydrogen-bond donors (Lipinski definition) is 1. The summed E-state index contributed by atoms with van der Waals surface area (Å²) in [5, 5.41) is 8.91. The van der Waals surface area contributed by atoms with Crippen molar-refractivity contribution in [3.8, 4) is 0 Å². The Kier molecular flexibility index (Phi) is 5.37. The number of ether oxygens (including phenoxy) is 1. The first kappa shape index (κ1) is 10.1. The minimum Gasteiger partial charge on any atom is -0.466 e. The van der Waals surface area contributed by atoms with Crippen LogP contribution in [0.2, 0.25) is 0 Å². The summed E-state index contributed by atoms with van der Waals surface area (Å²) >= 11 is 0. The molecular formula is C7H12O4. The Morgan fingerprint density at radius 3 is 2.82 bits per heavy atom. The number of aliphatic hydroxyl groups excluding tert-OH is 1. The summed E-state index contributed by atoms with van der Waals surface area (Å²) in [7, 11) is 0. The molecule has 0 amide bonds. The number of hydrogen-bond acceptors (Lipinski definition) is 4. The minimum absolute atomic E-state index is 0.0151. The van der Waals surface area contributed by atoms with Gasteiger partial charge in [-0.3, -0.25) is 4.79 Å². The number of carbonyl (C=O) groups is 2. The van der Waals surface area contributed by atoms with Gasteiger partial charge in [-0.2, -0.15) is 0 Å². The predicted molar refractivity (Wildman–Crippen MR) is 37.9 cm³/mol. The average molecular weight is 160 g/mol. The third kappa shape index (κ3) is 5.54. The van der Waals surface area contributed by atoms with Gasteiger partial charge in [-0.05, 0) is 6.92 Å². The Balaban J connectivity index is 3.48. The lowest BCUT2D eigenvalue weighted by Gasteiger charge is -2.04. The fraction of sp³-hybridized carbons (Fsp3) is 0.714. The maximum atomic E-state index is 10.6. The van der Waals surface area contributed by atoms with Gasteiger partial charge in [0.1, 0.15) is 6.29 Å². The van der Waals surface area contributed by atoms with E-state index in [-0.39, 0.29) is 12.8 Å². The third-order valence-corrected chi connectivity index (χ3v) is 1.08. The Morgan fingerprint density at radius 2 is 2.36 bits per heavy atom. The molecule has 64 valence electrons. The van der Waals surface area contributed by atoms with Crippen LogP contribution >= 0.6 is 0 Å². The van der Waals surface area contributed by atoms with Gasteiger partial charge in [0.25, 0.3) is 0 Å². The molecule has 1 atom stereocenters. The van der Waals surface area contributed by atoms with Gasteiger partial charge in [0.2, 0.25) is 0 Å². The van der Waals surface area contributed by atoms with Crippen LogP contribution in [0.4, 0.5) is 0 Å². The van der Waals surface area contributed by atoms with Gasteiger partial charge < -0.3 is 14.6 Å². The molecule has 0 aromatic carbocycles. The van der Waals surface area contributed by atoms with Gasteiger partial charge in [-0.15, -0.1) is 0 Å². The number of carbonyl (C=O) groups excluding carboxylic acids is 2. The molecule has 11 heavy (non-hydrogen) atoms. The van der Waals surface area contributed by atoms with Crippen LogP contribution in [-0.2, 0) is 14.3 Å². The summed E-state index contributed by atoms with van der Waals surface area (Å²) in [5.41, 5.74) is 0. The van der Waals surface area contributed by atoms with E-state index in [1.807, 2.05) is 0 Å². The highest BCUT2D eigenvalue weighted by Gasteiger charge is 2.09. The van der Waals surface area contributed by atoms with Crippen LogP contribution in [-0.4, -0.2) is 30.1 Å². The van der Waals surface area contributed by atoms with Gasteiger partial charge in [0, 0.05) is 6.42 Å². The van der Waals surface area contributed by atoms with Gasteiger partial charge in [0.05, 0.1) is 19.1 Å². The molecule has 0 spiro atoms. The van der Waals surface area contributed by atoms with Crippen molar-refractivity contribution in [3.05, 3.63) is 0 Å². The molecule has 0 radical (unpaired) electrons. The summed E-state index contributed by atoms with van der Waals surface area (Å²) in [6.45, 7) is 1.98. The van der Waals surface area contributed by atoms with Crippen molar-refractivity contribution in [2.75, 3.05) is 6.61 Å². The molecule has 0 rings (SSSR count). The Morgan fingerprint density at radius 1 is 1.73 bits per heavy atom. The minimum atomic E-state index is -0.897. The molecule has 0 fully saturated rings. The van der Waals surface area contributed by atoms with Crippen molar-refractivity contribution in [1.82, 2.24) is 0 Å². The number of esters is 1. The van der Waals surface area contributed by atoms with E-state index >= 15 is 0 Å². The summed E-state index contributed by atoms with van der Waals surface area (Å²) in [5.74, 6) is -0.471. The van der Waals surface area contributed by atoms with E-state index in [1.54, 1.807) is 6.92 Å². The maximum Gasteiger partial charge on any atom is 0.308 e. The lowest BCUT2D eigenvalue weighted by Crippen LogP contribution is -2.15. The van der Waals surface area contributed by atoms with Gasteiger partial charge in [0.15, 0.2) is 0 Å². The molecule has 0 aliphatic carbocycles. The van der Waals surface area contributed by atoms with Crippen LogP contribution in [0.15, 0.2) is 0 Å². The molecule has 1 N–H and O–H groups in total. The van der Waals surface area contributed by atoms with Gasteiger partial charge in [-0.1, -0.05) is 0 Å². The molecule has 0 aliphatic rings. The van der Waals surface area contributed by atoms with Crippen molar-refractivity contribution in [2.45, 2.75) is 25.9 Å². The topological polar surface area (TPSA) is 63.6 Å². The molecule has 0 saturated carbocycles. The standard InChI is InChI=1S/C7H12O4/c1-2-11-7(10)5-6(9)3-4-8/h4,6,9H,2-3,5H2,1H3/t6-/m1/s1. The Bertz CT molecular complexity index is 132. The molecule has 0 aliphatic heterocycles. The highest BCUT2D eigenvalue weighted by molar-refractivity contribution is 5.70. The highest BCUT2D eigenvalue weighted by atomic mass is 16.5. The van der Waals surface area contributed by atoms with Crippen LogP contribution in [0, 0.1) is 0 Å². The van der Waals surface area contributed by atoms with Crippen LogP contribution in [0.5, 0.6) is 0 Å². The molecule has 0 unspecified atom stereocenters. The van der Waals surface area contributed by atoms with Crippen LogP contribution in [0.25, 0.3) is 0 Å². The van der Waals surface area contributed by atoms with Crippen molar-refractivity contribution < 1.29 is 19.4 Å². The van der Waals surface area contributed by atoms with Gasteiger partial charge >= 0.3 is 5.97 Å². The van der Waals surface area contributed by atoms with E-state index in [9.17, 15) is 9.59 Å². The monoisotopic (exact) mass is 160 g/mol. The van der Waals surface area contributed by atoms with Crippen molar-refractivity contribution in [2.24, 2.45) is 0 Å². The van der Waals surface area contributed by atoms with Crippen molar-refractivity contribution >= 4 is 12.3 Å². The SMILES string of the molecule is CCOC(=O)C[C@H](O)CC=O. The van der Waals surface area contributed by atoms with Crippen molar-refractivity contribution in [1.29, 1.82) is 0 Å². The highest BCUT2D eigenvalue weighted by Crippen LogP contribution is 1.97. The molecule has 0 aromatic heterocycles. The number of aliphatic hydroxyl groups is 1. The summed E-state index contributed by atoms with van der Waals surface area (Å²) < 4.78 is 4.54. The molecule has 0 bridgehead atoms. The zero-order valence-electron chi connectivity index (χ0n) is 6.45. The van der Waals surface area contributed by atoms with Gasteiger partial charge in [-0.25, -0.2) is 0 Å². The normalized spacial score (nSPS) is 12.2. The summed E-state index contributed by atoms with van der Waals surface area (Å²) in [6.07, 6.45) is -0.443. The second-order valence-electron chi connectivity index (χ2n) is 2.07. The van der Waals surface area contributed by atoms with Crippen LogP contribution < -0.4 is 0 Å². The summed E-state index contributed by atoms with van der Waals surface area (Å²) in [6, 6.07) is 0. The average Bonchev–Trinajstić information content (AvgIpc) is 1.87. The first-order chi connectivity index (χ1) is 5.20. The van der Waals surface area contributed by atoms with E-state index in [4.69, 9.17) is 5.11 Å². The molecule has 4 nitrogen and oxygen atoms in total. The molecule has 0 saturated heterocycles. The predicted octanol–water partition coefficient (Wildman–Crippen LogP) is -0.110. The second kappa shape index (κ2) is 5.85. The Hall–Kier alpha value is -0.900. The van der Waals surface area contributed by atoms with E-state index in [0.717, 1.165) is 0 Å². The van der Waals surface area contributed by atoms with E-state index in [1.165, 1.54) is 0 Å². The maximum absolute atomic E-state index is 10.6. The third-order valence-electron chi connectivity index (χ3n) is 1.08. The van der Waals surface area contributed by atoms with E-state index < -0.39 is 12.1 Å². The van der Waals surface area contributed by atoms with Crippen LogP contribution in [0.1, 0.15) is 19.8 Å². The van der Waals surface area contributed by atoms with E-state index in [2.05, 4.69) is 4.74 Å².